The van der Waals surface area contributed by atoms with Crippen LogP contribution >= 0.6 is 0 Å². The zero-order chi connectivity index (χ0) is 13.7. The Bertz CT molecular complexity index is 558. The van der Waals surface area contributed by atoms with Gasteiger partial charge in [-0.3, -0.25) is 4.79 Å². The molecule has 2 heteroatoms. The molecule has 0 saturated carbocycles. The second-order valence-corrected chi connectivity index (χ2v) is 4.70. The molecule has 0 unspecified atom stereocenters. The summed E-state index contributed by atoms with van der Waals surface area (Å²) in [6.45, 7) is 4.14. The van der Waals surface area contributed by atoms with Crippen LogP contribution in [0.15, 0.2) is 48.5 Å². The summed E-state index contributed by atoms with van der Waals surface area (Å²) in [7, 11) is 0. The molecule has 1 N–H and O–H groups in total. The van der Waals surface area contributed by atoms with Gasteiger partial charge in [-0.05, 0) is 42.2 Å². The number of hydrogen-bond donors (Lipinski definition) is 1. The predicted molar refractivity (Wildman–Crippen MR) is 79.3 cm³/mol. The quantitative estimate of drug-likeness (QED) is 0.883. The van der Waals surface area contributed by atoms with Gasteiger partial charge in [-0.1, -0.05) is 43.3 Å². The Morgan fingerprint density at radius 1 is 1.05 bits per heavy atom. The highest BCUT2D eigenvalue weighted by Gasteiger charge is 2.05. The van der Waals surface area contributed by atoms with Crippen LogP contribution in [0.3, 0.4) is 0 Å². The molecule has 0 aliphatic rings. The first-order valence-corrected chi connectivity index (χ1v) is 6.62. The Balaban J connectivity index is 1.99. The van der Waals surface area contributed by atoms with E-state index in [0.29, 0.717) is 6.42 Å². The van der Waals surface area contributed by atoms with E-state index in [-0.39, 0.29) is 5.91 Å². The summed E-state index contributed by atoms with van der Waals surface area (Å²) >= 11 is 0. The number of carbonyl (C=O) groups excluding carboxylic acids is 1. The predicted octanol–water partition coefficient (Wildman–Crippen LogP) is 3.74. The lowest BCUT2D eigenvalue weighted by molar-refractivity contribution is -0.115. The van der Waals surface area contributed by atoms with Crippen LogP contribution in [0.4, 0.5) is 5.69 Å². The number of nitrogens with one attached hydrogen (secondary N) is 1. The molecular formula is C17H19NO. The van der Waals surface area contributed by atoms with Crippen LogP contribution in [0.2, 0.25) is 0 Å². The van der Waals surface area contributed by atoms with Crippen molar-refractivity contribution in [1.82, 2.24) is 0 Å². The molecule has 0 atom stereocenters. The van der Waals surface area contributed by atoms with Crippen molar-refractivity contribution in [3.63, 3.8) is 0 Å². The number of amides is 1. The van der Waals surface area contributed by atoms with Crippen LogP contribution in [0.1, 0.15) is 23.6 Å². The minimum Gasteiger partial charge on any atom is -0.326 e. The fourth-order valence-electron chi connectivity index (χ4n) is 2.01. The van der Waals surface area contributed by atoms with E-state index in [4.69, 9.17) is 0 Å². The van der Waals surface area contributed by atoms with Gasteiger partial charge >= 0.3 is 0 Å². The number of aryl methyl sites for hydroxylation is 2. The summed E-state index contributed by atoms with van der Waals surface area (Å²) < 4.78 is 0. The average Bonchev–Trinajstić information content (AvgIpc) is 2.42. The Labute approximate surface area is 114 Å². The van der Waals surface area contributed by atoms with Crippen molar-refractivity contribution in [2.24, 2.45) is 0 Å². The molecule has 2 aromatic rings. The maximum absolute atomic E-state index is 12.0. The number of benzene rings is 2. The molecule has 2 rings (SSSR count). The van der Waals surface area contributed by atoms with E-state index in [9.17, 15) is 4.79 Å². The molecule has 0 saturated heterocycles. The lowest BCUT2D eigenvalue weighted by Gasteiger charge is -2.08. The summed E-state index contributed by atoms with van der Waals surface area (Å²) in [6.07, 6.45) is 1.43. The van der Waals surface area contributed by atoms with Crippen LogP contribution in [-0.2, 0) is 17.6 Å². The van der Waals surface area contributed by atoms with Gasteiger partial charge < -0.3 is 5.32 Å². The Kier molecular flexibility index (Phi) is 4.35. The van der Waals surface area contributed by atoms with E-state index >= 15 is 0 Å². The van der Waals surface area contributed by atoms with Crippen molar-refractivity contribution < 1.29 is 4.79 Å². The zero-order valence-electron chi connectivity index (χ0n) is 11.4. The summed E-state index contributed by atoms with van der Waals surface area (Å²) in [5.41, 5.74) is 4.36. The third-order valence-electron chi connectivity index (χ3n) is 3.26. The third-order valence-corrected chi connectivity index (χ3v) is 3.26. The van der Waals surface area contributed by atoms with Crippen molar-refractivity contribution in [2.75, 3.05) is 5.32 Å². The summed E-state index contributed by atoms with van der Waals surface area (Å²) in [6, 6.07) is 16.0. The number of rotatable bonds is 4. The molecule has 0 aliphatic heterocycles. The Morgan fingerprint density at radius 3 is 2.37 bits per heavy atom. The molecule has 0 fully saturated rings. The molecular weight excluding hydrogens is 234 g/mol. The lowest BCUT2D eigenvalue weighted by atomic mass is 10.1. The first-order valence-electron chi connectivity index (χ1n) is 6.62. The molecule has 0 heterocycles. The fourth-order valence-corrected chi connectivity index (χ4v) is 2.01. The van der Waals surface area contributed by atoms with Crippen LogP contribution in [0, 0.1) is 6.92 Å². The highest BCUT2D eigenvalue weighted by Crippen LogP contribution is 2.12. The highest BCUT2D eigenvalue weighted by molar-refractivity contribution is 5.92. The van der Waals surface area contributed by atoms with Gasteiger partial charge in [-0.15, -0.1) is 0 Å². The van der Waals surface area contributed by atoms with Crippen molar-refractivity contribution >= 4 is 11.6 Å². The van der Waals surface area contributed by atoms with E-state index in [1.54, 1.807) is 0 Å². The lowest BCUT2D eigenvalue weighted by Crippen LogP contribution is -2.14. The molecule has 2 nitrogen and oxygen atoms in total. The normalized spacial score (nSPS) is 10.2. The van der Waals surface area contributed by atoms with E-state index in [2.05, 4.69) is 12.2 Å². The standard InChI is InChI=1S/C17H19NO/c1-3-14-8-10-16(11-9-14)18-17(19)12-15-7-5-4-6-13(15)2/h4-11H,3,12H2,1-2H3,(H,18,19). The SMILES string of the molecule is CCc1ccc(NC(=O)Cc2ccccc2C)cc1. The molecule has 0 aromatic heterocycles. The van der Waals surface area contributed by atoms with Gasteiger partial charge in [0.2, 0.25) is 5.91 Å². The molecule has 1 amide bonds. The second-order valence-electron chi connectivity index (χ2n) is 4.70. The van der Waals surface area contributed by atoms with Crippen molar-refractivity contribution in [2.45, 2.75) is 26.7 Å². The molecule has 0 spiro atoms. The van der Waals surface area contributed by atoms with Gasteiger partial charge in [0.25, 0.3) is 0 Å². The average molecular weight is 253 g/mol. The largest absolute Gasteiger partial charge is 0.326 e. The Morgan fingerprint density at radius 2 is 1.74 bits per heavy atom. The van der Waals surface area contributed by atoms with Crippen molar-refractivity contribution in [3.8, 4) is 0 Å². The van der Waals surface area contributed by atoms with Crippen LogP contribution in [-0.4, -0.2) is 5.91 Å². The van der Waals surface area contributed by atoms with Crippen LogP contribution < -0.4 is 5.32 Å². The molecule has 2 aromatic carbocycles. The molecule has 19 heavy (non-hydrogen) atoms. The molecule has 0 aliphatic carbocycles. The molecule has 98 valence electrons. The van der Waals surface area contributed by atoms with E-state index in [0.717, 1.165) is 23.2 Å². The third kappa shape index (κ3) is 3.68. The first kappa shape index (κ1) is 13.3. The highest BCUT2D eigenvalue weighted by atomic mass is 16.1. The molecule has 0 bridgehead atoms. The number of carbonyl (C=O) groups is 1. The van der Waals surface area contributed by atoms with E-state index in [1.165, 1.54) is 5.56 Å². The topological polar surface area (TPSA) is 29.1 Å². The van der Waals surface area contributed by atoms with Crippen LogP contribution in [0.5, 0.6) is 0 Å². The maximum atomic E-state index is 12.0. The minimum atomic E-state index is 0.0264. The first-order chi connectivity index (χ1) is 9.19. The van der Waals surface area contributed by atoms with E-state index in [1.807, 2.05) is 55.5 Å². The Hall–Kier alpha value is -2.09. The fraction of sp³-hybridized carbons (Fsp3) is 0.235. The maximum Gasteiger partial charge on any atom is 0.228 e. The number of hydrogen-bond acceptors (Lipinski definition) is 1. The monoisotopic (exact) mass is 253 g/mol. The zero-order valence-corrected chi connectivity index (χ0v) is 11.4. The summed E-state index contributed by atoms with van der Waals surface area (Å²) in [5, 5.41) is 2.93. The number of anilines is 1. The van der Waals surface area contributed by atoms with Gasteiger partial charge in [0.15, 0.2) is 0 Å². The second kappa shape index (κ2) is 6.19. The summed E-state index contributed by atoms with van der Waals surface area (Å²) in [4.78, 5) is 12.0. The van der Waals surface area contributed by atoms with Gasteiger partial charge in [0.05, 0.1) is 6.42 Å². The summed E-state index contributed by atoms with van der Waals surface area (Å²) in [5.74, 6) is 0.0264. The van der Waals surface area contributed by atoms with Gasteiger partial charge in [-0.25, -0.2) is 0 Å². The van der Waals surface area contributed by atoms with Gasteiger partial charge in [0.1, 0.15) is 0 Å². The minimum absolute atomic E-state index is 0.0264. The van der Waals surface area contributed by atoms with Crippen molar-refractivity contribution in [1.29, 1.82) is 0 Å². The van der Waals surface area contributed by atoms with Gasteiger partial charge in [0, 0.05) is 5.69 Å². The van der Waals surface area contributed by atoms with E-state index < -0.39 is 0 Å². The molecule has 0 radical (unpaired) electrons. The van der Waals surface area contributed by atoms with Gasteiger partial charge in [-0.2, -0.15) is 0 Å². The van der Waals surface area contributed by atoms with Crippen molar-refractivity contribution in [3.05, 3.63) is 65.2 Å². The smallest absolute Gasteiger partial charge is 0.228 e. The van der Waals surface area contributed by atoms with Crippen LogP contribution in [0.25, 0.3) is 0 Å².